The van der Waals surface area contributed by atoms with Gasteiger partial charge in [-0.3, -0.25) is 4.79 Å². The predicted octanol–water partition coefficient (Wildman–Crippen LogP) is 2.57. The van der Waals surface area contributed by atoms with Crippen molar-refractivity contribution >= 4 is 17.9 Å². The van der Waals surface area contributed by atoms with Crippen LogP contribution >= 0.6 is 11.6 Å². The molecule has 1 aromatic rings. The number of aldehydes is 1. The summed E-state index contributed by atoms with van der Waals surface area (Å²) < 4.78 is 36.1. The summed E-state index contributed by atoms with van der Waals surface area (Å²) in [5.41, 5.74) is -1.50. The van der Waals surface area contributed by atoms with Crippen LogP contribution in [0.2, 0.25) is 5.02 Å². The normalized spacial score (nSPS) is 11.4. The molecule has 2 nitrogen and oxygen atoms in total. The van der Waals surface area contributed by atoms with Crippen LogP contribution < -0.4 is 0 Å². The van der Waals surface area contributed by atoms with Crippen LogP contribution in [0.3, 0.4) is 0 Å². The standard InChI is InChI=1S/C7H3ClF3NO/c8-4-1-5(3-13)12-6(2-4)7(9,10)11/h1-3H. The number of carbonyl (C=O) groups is 1. The molecule has 0 aromatic carbocycles. The zero-order valence-electron chi connectivity index (χ0n) is 6.10. The first-order valence-electron chi connectivity index (χ1n) is 3.13. The fraction of sp³-hybridized carbons (Fsp3) is 0.143. The van der Waals surface area contributed by atoms with Crippen molar-refractivity contribution in [1.29, 1.82) is 0 Å². The van der Waals surface area contributed by atoms with Gasteiger partial charge >= 0.3 is 6.18 Å². The molecule has 0 N–H and O–H groups in total. The van der Waals surface area contributed by atoms with Gasteiger partial charge in [-0.1, -0.05) is 11.6 Å². The second-order valence-corrected chi connectivity index (χ2v) is 2.65. The number of hydrogen-bond donors (Lipinski definition) is 0. The fourth-order valence-corrected chi connectivity index (χ4v) is 0.938. The summed E-state index contributed by atoms with van der Waals surface area (Å²) in [5.74, 6) is 0. The van der Waals surface area contributed by atoms with Crippen molar-refractivity contribution in [2.24, 2.45) is 0 Å². The van der Waals surface area contributed by atoms with E-state index in [0.29, 0.717) is 6.07 Å². The Balaban J connectivity index is 3.24. The molecule has 0 saturated carbocycles. The van der Waals surface area contributed by atoms with Crippen molar-refractivity contribution in [2.45, 2.75) is 6.18 Å². The summed E-state index contributed by atoms with van der Waals surface area (Å²) in [4.78, 5) is 13.2. The fourth-order valence-electron chi connectivity index (χ4n) is 0.723. The number of nitrogens with zero attached hydrogens (tertiary/aromatic N) is 1. The largest absolute Gasteiger partial charge is 0.433 e. The van der Waals surface area contributed by atoms with Gasteiger partial charge in [-0.25, -0.2) is 4.98 Å². The van der Waals surface area contributed by atoms with Gasteiger partial charge in [0.05, 0.1) is 0 Å². The molecule has 1 rings (SSSR count). The molecule has 0 unspecified atom stereocenters. The van der Waals surface area contributed by atoms with Crippen molar-refractivity contribution in [3.63, 3.8) is 0 Å². The highest BCUT2D eigenvalue weighted by atomic mass is 35.5. The van der Waals surface area contributed by atoms with Gasteiger partial charge in [0.1, 0.15) is 11.4 Å². The molecule has 0 aliphatic carbocycles. The molecule has 0 atom stereocenters. The van der Waals surface area contributed by atoms with E-state index in [4.69, 9.17) is 11.6 Å². The van der Waals surface area contributed by atoms with Gasteiger partial charge in [0.2, 0.25) is 0 Å². The van der Waals surface area contributed by atoms with Crippen LogP contribution in [0.1, 0.15) is 16.2 Å². The third kappa shape index (κ3) is 2.42. The van der Waals surface area contributed by atoms with Crippen molar-refractivity contribution in [3.05, 3.63) is 28.5 Å². The second-order valence-electron chi connectivity index (χ2n) is 2.21. The van der Waals surface area contributed by atoms with Crippen LogP contribution in [-0.2, 0) is 6.18 Å². The van der Waals surface area contributed by atoms with Gasteiger partial charge in [-0.05, 0) is 12.1 Å². The summed E-state index contributed by atoms with van der Waals surface area (Å²) in [6, 6.07) is 1.72. The Labute approximate surface area is 76.3 Å². The molecule has 0 aliphatic heterocycles. The number of carbonyl (C=O) groups excluding carboxylic acids is 1. The van der Waals surface area contributed by atoms with E-state index in [0.717, 1.165) is 6.07 Å². The quantitative estimate of drug-likeness (QED) is 0.666. The molecule has 0 saturated heterocycles. The maximum absolute atomic E-state index is 12.0. The Bertz CT molecular complexity index is 337. The van der Waals surface area contributed by atoms with E-state index >= 15 is 0 Å². The lowest BCUT2D eigenvalue weighted by molar-refractivity contribution is -0.141. The van der Waals surface area contributed by atoms with Crippen molar-refractivity contribution in [1.82, 2.24) is 4.98 Å². The molecule has 0 radical (unpaired) electrons. The zero-order chi connectivity index (χ0) is 10.1. The Kier molecular flexibility index (Phi) is 2.56. The second kappa shape index (κ2) is 3.33. The minimum absolute atomic E-state index is 0.163. The Morgan fingerprint density at radius 3 is 2.46 bits per heavy atom. The summed E-state index contributed by atoms with van der Waals surface area (Å²) >= 11 is 5.34. The monoisotopic (exact) mass is 209 g/mol. The summed E-state index contributed by atoms with van der Waals surface area (Å²) in [5, 5.41) is -0.163. The Hall–Kier alpha value is -1.10. The highest BCUT2D eigenvalue weighted by Gasteiger charge is 2.33. The average molecular weight is 210 g/mol. The maximum atomic E-state index is 12.0. The number of hydrogen-bond acceptors (Lipinski definition) is 2. The van der Waals surface area contributed by atoms with E-state index in [-0.39, 0.29) is 17.0 Å². The third-order valence-electron chi connectivity index (χ3n) is 1.22. The highest BCUT2D eigenvalue weighted by Crippen LogP contribution is 2.29. The molecular formula is C7H3ClF3NO. The topological polar surface area (TPSA) is 30.0 Å². The van der Waals surface area contributed by atoms with Crippen molar-refractivity contribution < 1.29 is 18.0 Å². The first kappa shape index (κ1) is 9.98. The minimum atomic E-state index is -4.58. The van der Waals surface area contributed by atoms with E-state index in [2.05, 4.69) is 4.98 Å². The van der Waals surface area contributed by atoms with E-state index in [1.807, 2.05) is 0 Å². The summed E-state index contributed by atoms with van der Waals surface area (Å²) in [6.07, 6.45) is -4.37. The number of halogens is 4. The molecule has 0 fully saturated rings. The zero-order valence-corrected chi connectivity index (χ0v) is 6.86. The number of alkyl halides is 3. The van der Waals surface area contributed by atoms with E-state index in [9.17, 15) is 18.0 Å². The number of rotatable bonds is 1. The van der Waals surface area contributed by atoms with Crippen LogP contribution in [0.25, 0.3) is 0 Å². The Morgan fingerprint density at radius 1 is 1.38 bits per heavy atom. The lowest BCUT2D eigenvalue weighted by Crippen LogP contribution is -2.09. The van der Waals surface area contributed by atoms with Gasteiger partial charge in [-0.15, -0.1) is 0 Å². The van der Waals surface area contributed by atoms with E-state index < -0.39 is 11.9 Å². The summed E-state index contributed by atoms with van der Waals surface area (Å²) in [7, 11) is 0. The van der Waals surface area contributed by atoms with Crippen molar-refractivity contribution in [2.75, 3.05) is 0 Å². The van der Waals surface area contributed by atoms with Gasteiger partial charge in [0.15, 0.2) is 6.29 Å². The Morgan fingerprint density at radius 2 is 2.00 bits per heavy atom. The smallest absolute Gasteiger partial charge is 0.296 e. The molecule has 1 heterocycles. The molecule has 70 valence electrons. The lowest BCUT2D eigenvalue weighted by Gasteiger charge is -2.05. The first-order chi connectivity index (χ1) is 5.93. The number of pyridine rings is 1. The van der Waals surface area contributed by atoms with Crippen LogP contribution in [0.5, 0.6) is 0 Å². The van der Waals surface area contributed by atoms with Gasteiger partial charge < -0.3 is 0 Å². The van der Waals surface area contributed by atoms with Crippen LogP contribution in [0.15, 0.2) is 12.1 Å². The third-order valence-corrected chi connectivity index (χ3v) is 1.44. The number of aromatic nitrogens is 1. The highest BCUT2D eigenvalue weighted by molar-refractivity contribution is 6.30. The molecule has 6 heteroatoms. The van der Waals surface area contributed by atoms with Crippen molar-refractivity contribution in [3.8, 4) is 0 Å². The predicted molar refractivity (Wildman–Crippen MR) is 39.6 cm³/mol. The lowest BCUT2D eigenvalue weighted by atomic mass is 10.3. The molecule has 0 bridgehead atoms. The molecular weight excluding hydrogens is 207 g/mol. The molecule has 0 spiro atoms. The molecule has 1 aromatic heterocycles. The average Bonchev–Trinajstić information content (AvgIpc) is 2.01. The van der Waals surface area contributed by atoms with Crippen LogP contribution in [0.4, 0.5) is 13.2 Å². The van der Waals surface area contributed by atoms with Gasteiger partial charge in [0, 0.05) is 5.02 Å². The molecule has 0 amide bonds. The van der Waals surface area contributed by atoms with Crippen LogP contribution in [0, 0.1) is 0 Å². The maximum Gasteiger partial charge on any atom is 0.433 e. The molecule has 0 aliphatic rings. The van der Waals surface area contributed by atoms with E-state index in [1.165, 1.54) is 0 Å². The van der Waals surface area contributed by atoms with Gasteiger partial charge in [0.25, 0.3) is 0 Å². The van der Waals surface area contributed by atoms with Gasteiger partial charge in [-0.2, -0.15) is 13.2 Å². The van der Waals surface area contributed by atoms with Crippen LogP contribution in [-0.4, -0.2) is 11.3 Å². The minimum Gasteiger partial charge on any atom is -0.296 e. The first-order valence-corrected chi connectivity index (χ1v) is 3.51. The van der Waals surface area contributed by atoms with E-state index in [1.54, 1.807) is 0 Å². The SMILES string of the molecule is O=Cc1cc(Cl)cc(C(F)(F)F)n1. The molecule has 13 heavy (non-hydrogen) atoms. The summed E-state index contributed by atoms with van der Waals surface area (Å²) in [6.45, 7) is 0.